The third-order valence-corrected chi connectivity index (χ3v) is 3.59. The van der Waals surface area contributed by atoms with Crippen LogP contribution in [0.4, 0.5) is 0 Å². The number of halogens is 1. The Kier molecular flexibility index (Phi) is 4.88. The molecule has 0 atom stereocenters. The van der Waals surface area contributed by atoms with Crippen molar-refractivity contribution in [3.63, 3.8) is 0 Å². The molecule has 18 heavy (non-hydrogen) atoms. The van der Waals surface area contributed by atoms with Crippen LogP contribution in [0.2, 0.25) is 5.02 Å². The second-order valence-corrected chi connectivity index (χ2v) is 5.27. The average molecular weight is 266 g/mol. The largest absolute Gasteiger partial charge is 0.370 e. The van der Waals surface area contributed by atoms with Gasteiger partial charge in [-0.15, -0.1) is 0 Å². The second kappa shape index (κ2) is 6.64. The van der Waals surface area contributed by atoms with Gasteiger partial charge in [0.25, 0.3) is 0 Å². The van der Waals surface area contributed by atoms with E-state index in [2.05, 4.69) is 16.4 Å². The number of rotatable bonds is 5. The van der Waals surface area contributed by atoms with E-state index in [1.54, 1.807) is 0 Å². The van der Waals surface area contributed by atoms with Gasteiger partial charge in [0, 0.05) is 18.1 Å². The fourth-order valence-electron chi connectivity index (χ4n) is 1.99. The summed E-state index contributed by atoms with van der Waals surface area (Å²) in [5.74, 6) is 1.32. The Balaban J connectivity index is 1.67. The predicted molar refractivity (Wildman–Crippen MR) is 77.0 cm³/mol. The fraction of sp³-hybridized carbons (Fsp3) is 0.500. The first-order chi connectivity index (χ1) is 8.74. The highest BCUT2D eigenvalue weighted by atomic mass is 35.5. The van der Waals surface area contributed by atoms with E-state index in [4.69, 9.17) is 17.3 Å². The van der Waals surface area contributed by atoms with Crippen LogP contribution in [0.15, 0.2) is 29.3 Å². The molecule has 0 bridgehead atoms. The SMILES string of the molecule is NC(=NCC1CCC1)NCCc1cccc(Cl)c1. The van der Waals surface area contributed by atoms with Gasteiger partial charge in [0.15, 0.2) is 5.96 Å². The Hall–Kier alpha value is -1.22. The molecule has 0 spiro atoms. The second-order valence-electron chi connectivity index (χ2n) is 4.83. The van der Waals surface area contributed by atoms with Crippen LogP contribution < -0.4 is 11.1 Å². The molecule has 1 fully saturated rings. The maximum Gasteiger partial charge on any atom is 0.188 e. The van der Waals surface area contributed by atoms with E-state index in [9.17, 15) is 0 Å². The molecule has 0 saturated heterocycles. The number of hydrogen-bond donors (Lipinski definition) is 2. The zero-order valence-electron chi connectivity index (χ0n) is 10.5. The van der Waals surface area contributed by atoms with Gasteiger partial charge in [-0.1, -0.05) is 30.2 Å². The number of hydrogen-bond acceptors (Lipinski definition) is 1. The Morgan fingerprint density at radius 3 is 2.94 bits per heavy atom. The molecule has 4 heteroatoms. The van der Waals surface area contributed by atoms with Gasteiger partial charge in [-0.2, -0.15) is 0 Å². The number of aliphatic imine (C=N–C) groups is 1. The van der Waals surface area contributed by atoms with Crippen LogP contribution in [-0.4, -0.2) is 19.0 Å². The van der Waals surface area contributed by atoms with Crippen LogP contribution in [0, 0.1) is 5.92 Å². The van der Waals surface area contributed by atoms with E-state index in [0.717, 1.165) is 30.5 Å². The summed E-state index contributed by atoms with van der Waals surface area (Å²) in [6, 6.07) is 7.89. The van der Waals surface area contributed by atoms with Crippen molar-refractivity contribution in [2.24, 2.45) is 16.6 Å². The molecule has 3 nitrogen and oxygen atoms in total. The highest BCUT2D eigenvalue weighted by Crippen LogP contribution is 2.26. The van der Waals surface area contributed by atoms with Crippen LogP contribution in [-0.2, 0) is 6.42 Å². The Bertz CT molecular complexity index is 413. The smallest absolute Gasteiger partial charge is 0.188 e. The van der Waals surface area contributed by atoms with Gasteiger partial charge in [0.05, 0.1) is 0 Å². The van der Waals surface area contributed by atoms with Gasteiger partial charge in [-0.25, -0.2) is 0 Å². The standard InChI is InChI=1S/C14H20ClN3/c15-13-6-2-3-11(9-13)7-8-17-14(16)18-10-12-4-1-5-12/h2-3,6,9,12H,1,4-5,7-8,10H2,(H3,16,17,18). The summed E-state index contributed by atoms with van der Waals surface area (Å²) >= 11 is 5.92. The third-order valence-electron chi connectivity index (χ3n) is 3.35. The lowest BCUT2D eigenvalue weighted by atomic mass is 9.86. The molecule has 1 aromatic carbocycles. The topological polar surface area (TPSA) is 50.4 Å². The molecule has 1 aliphatic rings. The monoisotopic (exact) mass is 265 g/mol. The number of guanidine groups is 1. The molecule has 98 valence electrons. The maximum atomic E-state index is 5.92. The molecule has 0 radical (unpaired) electrons. The molecule has 1 aliphatic carbocycles. The highest BCUT2D eigenvalue weighted by molar-refractivity contribution is 6.30. The zero-order valence-corrected chi connectivity index (χ0v) is 11.3. The summed E-state index contributed by atoms with van der Waals surface area (Å²) in [5, 5.41) is 3.92. The number of nitrogens with one attached hydrogen (secondary N) is 1. The van der Waals surface area contributed by atoms with Crippen molar-refractivity contribution in [2.75, 3.05) is 13.1 Å². The molecule has 0 amide bonds. The number of nitrogens with two attached hydrogens (primary N) is 1. The van der Waals surface area contributed by atoms with Gasteiger partial charge in [0.1, 0.15) is 0 Å². The van der Waals surface area contributed by atoms with Gasteiger partial charge in [0.2, 0.25) is 0 Å². The molecular formula is C14H20ClN3. The van der Waals surface area contributed by atoms with Crippen molar-refractivity contribution in [1.82, 2.24) is 5.32 Å². The van der Waals surface area contributed by atoms with Crippen molar-refractivity contribution in [3.8, 4) is 0 Å². The zero-order chi connectivity index (χ0) is 12.8. The van der Waals surface area contributed by atoms with E-state index in [0.29, 0.717) is 5.96 Å². The molecule has 2 rings (SSSR count). The van der Waals surface area contributed by atoms with Crippen molar-refractivity contribution in [2.45, 2.75) is 25.7 Å². The normalized spacial score (nSPS) is 16.4. The summed E-state index contributed by atoms with van der Waals surface area (Å²) in [4.78, 5) is 4.35. The van der Waals surface area contributed by atoms with Gasteiger partial charge < -0.3 is 11.1 Å². The van der Waals surface area contributed by atoms with Crippen LogP contribution in [0.3, 0.4) is 0 Å². The predicted octanol–water partition coefficient (Wildman–Crippen LogP) is 2.59. The minimum atomic E-state index is 0.559. The van der Waals surface area contributed by atoms with E-state index in [-0.39, 0.29) is 0 Å². The Morgan fingerprint density at radius 2 is 2.28 bits per heavy atom. The summed E-state index contributed by atoms with van der Waals surface area (Å²) < 4.78 is 0. The number of benzene rings is 1. The molecule has 0 aliphatic heterocycles. The molecule has 3 N–H and O–H groups in total. The molecule has 1 saturated carbocycles. The summed E-state index contributed by atoms with van der Waals surface area (Å²) in [7, 11) is 0. The molecular weight excluding hydrogens is 246 g/mol. The Morgan fingerprint density at radius 1 is 1.44 bits per heavy atom. The number of nitrogens with zero attached hydrogens (tertiary/aromatic N) is 1. The van der Waals surface area contributed by atoms with E-state index >= 15 is 0 Å². The lowest BCUT2D eigenvalue weighted by molar-refractivity contribution is 0.326. The van der Waals surface area contributed by atoms with E-state index in [1.165, 1.54) is 24.8 Å². The lowest BCUT2D eigenvalue weighted by Crippen LogP contribution is -2.34. The maximum absolute atomic E-state index is 5.92. The fourth-order valence-corrected chi connectivity index (χ4v) is 2.20. The van der Waals surface area contributed by atoms with Crippen LogP contribution >= 0.6 is 11.6 Å². The summed E-state index contributed by atoms with van der Waals surface area (Å²) in [6.07, 6.45) is 4.86. The van der Waals surface area contributed by atoms with Crippen LogP contribution in [0.25, 0.3) is 0 Å². The van der Waals surface area contributed by atoms with Crippen LogP contribution in [0.1, 0.15) is 24.8 Å². The van der Waals surface area contributed by atoms with Gasteiger partial charge in [-0.3, -0.25) is 4.99 Å². The first-order valence-electron chi connectivity index (χ1n) is 6.52. The first kappa shape index (κ1) is 13.2. The minimum Gasteiger partial charge on any atom is -0.370 e. The highest BCUT2D eigenvalue weighted by Gasteiger charge is 2.16. The van der Waals surface area contributed by atoms with Crippen molar-refractivity contribution >= 4 is 17.6 Å². The van der Waals surface area contributed by atoms with Crippen molar-refractivity contribution in [3.05, 3.63) is 34.9 Å². The first-order valence-corrected chi connectivity index (χ1v) is 6.90. The lowest BCUT2D eigenvalue weighted by Gasteiger charge is -2.23. The third kappa shape index (κ3) is 4.22. The quantitative estimate of drug-likeness (QED) is 0.635. The molecule has 0 heterocycles. The van der Waals surface area contributed by atoms with E-state index in [1.807, 2.05) is 18.2 Å². The molecule has 1 aromatic rings. The molecule has 0 aromatic heterocycles. The summed E-state index contributed by atoms with van der Waals surface area (Å²) in [5.41, 5.74) is 7.02. The molecule has 0 unspecified atom stereocenters. The van der Waals surface area contributed by atoms with Crippen molar-refractivity contribution < 1.29 is 0 Å². The van der Waals surface area contributed by atoms with E-state index < -0.39 is 0 Å². The van der Waals surface area contributed by atoms with Crippen LogP contribution in [0.5, 0.6) is 0 Å². The minimum absolute atomic E-state index is 0.559. The van der Waals surface area contributed by atoms with Crippen molar-refractivity contribution in [1.29, 1.82) is 0 Å². The summed E-state index contributed by atoms with van der Waals surface area (Å²) in [6.45, 7) is 1.66. The van der Waals surface area contributed by atoms with Gasteiger partial charge >= 0.3 is 0 Å². The Labute approximate surface area is 113 Å². The average Bonchev–Trinajstić information content (AvgIpc) is 2.27. The van der Waals surface area contributed by atoms with Gasteiger partial charge in [-0.05, 0) is 42.9 Å².